The molecule has 2 N–H and O–H groups in total. The monoisotopic (exact) mass is 304 g/mol. The lowest BCUT2D eigenvalue weighted by Gasteiger charge is -2.19. The van der Waals surface area contributed by atoms with Gasteiger partial charge in [0.1, 0.15) is 17.9 Å². The van der Waals surface area contributed by atoms with Gasteiger partial charge in [-0.25, -0.2) is 4.79 Å². The lowest BCUT2D eigenvalue weighted by molar-refractivity contribution is -0.143. The molecule has 6 nitrogen and oxygen atoms in total. The minimum absolute atomic E-state index is 0.299. The molecule has 1 aromatic carbocycles. The number of benzene rings is 1. The Morgan fingerprint density at radius 2 is 2.09 bits per heavy atom. The average Bonchev–Trinajstić information content (AvgIpc) is 2.51. The van der Waals surface area contributed by atoms with Crippen LogP contribution in [0.5, 0.6) is 5.75 Å². The molecule has 1 rings (SSSR count). The molecule has 0 radical (unpaired) electrons. The molecule has 118 valence electrons. The first kappa shape index (κ1) is 17.5. The van der Waals surface area contributed by atoms with Crippen molar-refractivity contribution in [2.24, 2.45) is 0 Å². The summed E-state index contributed by atoms with van der Waals surface area (Å²) in [5.74, 6) is -1.28. The molecule has 22 heavy (non-hydrogen) atoms. The highest BCUT2D eigenvalue weighted by molar-refractivity contribution is 5.86. The van der Waals surface area contributed by atoms with E-state index in [1.807, 2.05) is 13.0 Å². The number of rotatable bonds is 8. The summed E-state index contributed by atoms with van der Waals surface area (Å²) < 4.78 is 5.46. The zero-order valence-corrected chi connectivity index (χ0v) is 12.7. The number of para-hydroxylation sites is 1. The molecule has 0 saturated carbocycles. The Balaban J connectivity index is 2.68. The van der Waals surface area contributed by atoms with Crippen molar-refractivity contribution in [3.8, 4) is 11.8 Å². The standard InChI is InChI=1S/C16H20N2O4/c1-3-4-8-13(16(20)21)18-15(19)11(2)22-14-9-6-5-7-12(14)10-17/h5-7,9,11,13H,3-4,8H2,1-2H3,(H,18,19)(H,20,21). The summed E-state index contributed by atoms with van der Waals surface area (Å²) in [6.45, 7) is 3.47. The van der Waals surface area contributed by atoms with Gasteiger partial charge in [-0.3, -0.25) is 4.79 Å². The Hall–Kier alpha value is -2.55. The quantitative estimate of drug-likeness (QED) is 0.766. The zero-order chi connectivity index (χ0) is 16.5. The number of ether oxygens (including phenoxy) is 1. The van der Waals surface area contributed by atoms with Crippen molar-refractivity contribution in [1.29, 1.82) is 5.26 Å². The highest BCUT2D eigenvalue weighted by atomic mass is 16.5. The van der Waals surface area contributed by atoms with Gasteiger partial charge in [-0.05, 0) is 25.5 Å². The van der Waals surface area contributed by atoms with Gasteiger partial charge in [0.05, 0.1) is 5.56 Å². The molecule has 0 aromatic heterocycles. The molecular formula is C16H20N2O4. The van der Waals surface area contributed by atoms with E-state index in [-0.39, 0.29) is 0 Å². The second-order valence-corrected chi connectivity index (χ2v) is 4.91. The van der Waals surface area contributed by atoms with Gasteiger partial charge in [0.2, 0.25) is 0 Å². The van der Waals surface area contributed by atoms with Crippen LogP contribution in [0.3, 0.4) is 0 Å². The van der Waals surface area contributed by atoms with Crippen LogP contribution in [0.1, 0.15) is 38.7 Å². The maximum atomic E-state index is 12.0. The van der Waals surface area contributed by atoms with Gasteiger partial charge in [0, 0.05) is 0 Å². The van der Waals surface area contributed by atoms with Gasteiger partial charge >= 0.3 is 5.97 Å². The normalized spacial score (nSPS) is 12.8. The van der Waals surface area contributed by atoms with Crippen LogP contribution in [0.25, 0.3) is 0 Å². The van der Waals surface area contributed by atoms with Crippen LogP contribution < -0.4 is 10.1 Å². The third-order valence-corrected chi connectivity index (χ3v) is 3.14. The topological polar surface area (TPSA) is 99.4 Å². The number of unbranched alkanes of at least 4 members (excludes halogenated alkanes) is 1. The van der Waals surface area contributed by atoms with Gasteiger partial charge in [0.25, 0.3) is 5.91 Å². The number of nitriles is 1. The fraction of sp³-hybridized carbons (Fsp3) is 0.438. The van der Waals surface area contributed by atoms with Gasteiger partial charge in [-0.1, -0.05) is 31.9 Å². The average molecular weight is 304 g/mol. The number of hydrogen-bond acceptors (Lipinski definition) is 4. The lowest BCUT2D eigenvalue weighted by Crippen LogP contribution is -2.46. The first-order chi connectivity index (χ1) is 10.5. The summed E-state index contributed by atoms with van der Waals surface area (Å²) in [7, 11) is 0. The number of carbonyl (C=O) groups excluding carboxylic acids is 1. The summed E-state index contributed by atoms with van der Waals surface area (Å²) in [4.78, 5) is 23.2. The van der Waals surface area contributed by atoms with Crippen molar-refractivity contribution in [1.82, 2.24) is 5.32 Å². The maximum Gasteiger partial charge on any atom is 0.326 e. The number of carboxylic acid groups (broad SMARTS) is 1. The molecule has 2 atom stereocenters. The predicted molar refractivity (Wildman–Crippen MR) is 80.3 cm³/mol. The Bertz CT molecular complexity index is 566. The van der Waals surface area contributed by atoms with E-state index in [4.69, 9.17) is 15.1 Å². The van der Waals surface area contributed by atoms with Crippen LogP contribution in [-0.4, -0.2) is 29.1 Å². The molecule has 0 heterocycles. The number of aliphatic carboxylic acids is 1. The van der Waals surface area contributed by atoms with E-state index in [1.165, 1.54) is 6.92 Å². The van der Waals surface area contributed by atoms with Crippen molar-refractivity contribution in [3.63, 3.8) is 0 Å². The molecule has 0 aliphatic carbocycles. The first-order valence-corrected chi connectivity index (χ1v) is 7.18. The van der Waals surface area contributed by atoms with Crippen LogP contribution >= 0.6 is 0 Å². The highest BCUT2D eigenvalue weighted by Crippen LogP contribution is 2.18. The van der Waals surface area contributed by atoms with Gasteiger partial charge in [-0.15, -0.1) is 0 Å². The molecule has 1 aromatic rings. The Morgan fingerprint density at radius 3 is 2.68 bits per heavy atom. The van der Waals surface area contributed by atoms with E-state index < -0.39 is 24.0 Å². The van der Waals surface area contributed by atoms with Crippen molar-refractivity contribution < 1.29 is 19.4 Å². The number of hydrogen-bond donors (Lipinski definition) is 2. The van der Waals surface area contributed by atoms with E-state index in [0.717, 1.165) is 6.42 Å². The van der Waals surface area contributed by atoms with Crippen LogP contribution in [0.2, 0.25) is 0 Å². The maximum absolute atomic E-state index is 12.0. The summed E-state index contributed by atoms with van der Waals surface area (Å²) in [6.07, 6.45) is 1.04. The van der Waals surface area contributed by atoms with E-state index in [9.17, 15) is 9.59 Å². The van der Waals surface area contributed by atoms with E-state index in [0.29, 0.717) is 24.2 Å². The summed E-state index contributed by atoms with van der Waals surface area (Å²) in [5, 5.41) is 20.5. The van der Waals surface area contributed by atoms with E-state index in [1.54, 1.807) is 24.3 Å². The predicted octanol–water partition coefficient (Wildman–Crippen LogP) is 2.09. The highest BCUT2D eigenvalue weighted by Gasteiger charge is 2.23. The molecule has 0 fully saturated rings. The molecule has 0 aliphatic rings. The van der Waals surface area contributed by atoms with Crippen molar-refractivity contribution in [2.45, 2.75) is 45.3 Å². The first-order valence-electron chi connectivity index (χ1n) is 7.18. The molecule has 0 saturated heterocycles. The molecule has 0 aliphatic heterocycles. The van der Waals surface area contributed by atoms with Crippen LogP contribution in [0.4, 0.5) is 0 Å². The van der Waals surface area contributed by atoms with Gasteiger partial charge < -0.3 is 15.2 Å². The van der Waals surface area contributed by atoms with Crippen LogP contribution in [0, 0.1) is 11.3 Å². The van der Waals surface area contributed by atoms with Crippen LogP contribution in [0.15, 0.2) is 24.3 Å². The summed E-state index contributed by atoms with van der Waals surface area (Å²) >= 11 is 0. The van der Waals surface area contributed by atoms with Gasteiger partial charge in [0.15, 0.2) is 6.10 Å². The fourth-order valence-electron chi connectivity index (χ4n) is 1.86. The minimum Gasteiger partial charge on any atom is -0.480 e. The lowest BCUT2D eigenvalue weighted by atomic mass is 10.1. The molecular weight excluding hydrogens is 284 g/mol. The molecule has 2 unspecified atom stereocenters. The molecule has 0 spiro atoms. The Kier molecular flexibility index (Phi) is 6.90. The number of amides is 1. The largest absolute Gasteiger partial charge is 0.480 e. The Labute approximate surface area is 129 Å². The smallest absolute Gasteiger partial charge is 0.326 e. The molecule has 0 bridgehead atoms. The summed E-state index contributed by atoms with van der Waals surface area (Å²) in [6, 6.07) is 7.62. The number of nitrogens with zero attached hydrogens (tertiary/aromatic N) is 1. The second-order valence-electron chi connectivity index (χ2n) is 4.91. The van der Waals surface area contributed by atoms with E-state index >= 15 is 0 Å². The SMILES string of the molecule is CCCCC(NC(=O)C(C)Oc1ccccc1C#N)C(=O)O. The third-order valence-electron chi connectivity index (χ3n) is 3.14. The Morgan fingerprint density at radius 1 is 1.41 bits per heavy atom. The minimum atomic E-state index is -1.06. The number of carboxylic acids is 1. The van der Waals surface area contributed by atoms with E-state index in [2.05, 4.69) is 5.32 Å². The number of nitrogens with one attached hydrogen (secondary N) is 1. The molecule has 1 amide bonds. The summed E-state index contributed by atoms with van der Waals surface area (Å²) in [5.41, 5.74) is 0.322. The second kappa shape index (κ2) is 8.67. The van der Waals surface area contributed by atoms with Crippen LogP contribution in [-0.2, 0) is 9.59 Å². The van der Waals surface area contributed by atoms with Crippen molar-refractivity contribution in [2.75, 3.05) is 0 Å². The van der Waals surface area contributed by atoms with Crippen molar-refractivity contribution >= 4 is 11.9 Å². The zero-order valence-electron chi connectivity index (χ0n) is 12.7. The third kappa shape index (κ3) is 5.09. The van der Waals surface area contributed by atoms with Gasteiger partial charge in [-0.2, -0.15) is 5.26 Å². The number of carbonyl (C=O) groups is 2. The molecule has 6 heteroatoms. The van der Waals surface area contributed by atoms with Crippen molar-refractivity contribution in [3.05, 3.63) is 29.8 Å². The fourth-order valence-corrected chi connectivity index (χ4v) is 1.86.